The highest BCUT2D eigenvalue weighted by Gasteiger charge is 2.13. The minimum atomic E-state index is -0.681. The summed E-state index contributed by atoms with van der Waals surface area (Å²) in [4.78, 5) is 35.5. The molecular weight excluding hydrogens is 398 g/mol. The van der Waals surface area contributed by atoms with Crippen molar-refractivity contribution >= 4 is 22.8 Å². The molecule has 0 saturated heterocycles. The minimum absolute atomic E-state index is 0.211. The Bertz CT molecular complexity index is 1180. The highest BCUT2D eigenvalue weighted by Crippen LogP contribution is 2.22. The number of hydrogen-bond donors (Lipinski definition) is 1. The Morgan fingerprint density at radius 2 is 1.74 bits per heavy atom. The summed E-state index contributed by atoms with van der Waals surface area (Å²) in [7, 11) is 0. The van der Waals surface area contributed by atoms with Crippen LogP contribution in [0.1, 0.15) is 35.2 Å². The maximum absolute atomic E-state index is 12.1. The fourth-order valence-electron chi connectivity index (χ4n) is 3.13. The van der Waals surface area contributed by atoms with Crippen LogP contribution in [0.15, 0.2) is 51.7 Å². The molecule has 0 aliphatic rings. The molecule has 2 aromatic carbocycles. The fourth-order valence-corrected chi connectivity index (χ4v) is 3.13. The summed E-state index contributed by atoms with van der Waals surface area (Å²) in [5.41, 5.74) is 4.01. The summed E-state index contributed by atoms with van der Waals surface area (Å²) >= 11 is 0. The second kappa shape index (κ2) is 9.47. The lowest BCUT2D eigenvalue weighted by molar-refractivity contribution is -0.150. The van der Waals surface area contributed by atoms with E-state index in [9.17, 15) is 14.4 Å². The fraction of sp³-hybridized carbons (Fsp3) is 0.292. The Morgan fingerprint density at radius 3 is 2.48 bits per heavy atom. The maximum atomic E-state index is 12.1. The number of nitrogens with one attached hydrogen (secondary N) is 1. The first-order valence-electron chi connectivity index (χ1n) is 9.92. The predicted molar refractivity (Wildman–Crippen MR) is 116 cm³/mol. The van der Waals surface area contributed by atoms with Gasteiger partial charge in [0.05, 0.1) is 6.04 Å². The third-order valence-corrected chi connectivity index (χ3v) is 5.05. The molecule has 3 rings (SSSR count). The third kappa shape index (κ3) is 5.72. The highest BCUT2D eigenvalue weighted by atomic mass is 16.6. The summed E-state index contributed by atoms with van der Waals surface area (Å²) in [6.45, 7) is 6.94. The summed E-state index contributed by atoms with van der Waals surface area (Å²) in [5.74, 6) is -0.729. The molecule has 0 aliphatic heterocycles. The van der Waals surface area contributed by atoms with Crippen molar-refractivity contribution in [3.05, 3.63) is 75.1 Å². The van der Waals surface area contributed by atoms with Gasteiger partial charge in [-0.15, -0.1) is 0 Å². The Kier molecular flexibility index (Phi) is 6.74. The van der Waals surface area contributed by atoms with Gasteiger partial charge in [0.1, 0.15) is 11.3 Å². The molecule has 162 valence electrons. The van der Waals surface area contributed by atoms with Crippen LogP contribution in [0.25, 0.3) is 11.0 Å². The first-order chi connectivity index (χ1) is 14.7. The van der Waals surface area contributed by atoms with E-state index in [4.69, 9.17) is 13.9 Å². The number of ether oxygens (including phenoxy) is 2. The van der Waals surface area contributed by atoms with E-state index in [1.54, 1.807) is 12.1 Å². The van der Waals surface area contributed by atoms with Gasteiger partial charge in [-0.2, -0.15) is 0 Å². The molecule has 3 aromatic rings. The van der Waals surface area contributed by atoms with E-state index >= 15 is 0 Å². The van der Waals surface area contributed by atoms with Crippen molar-refractivity contribution in [2.75, 3.05) is 13.2 Å². The van der Waals surface area contributed by atoms with Crippen molar-refractivity contribution < 1.29 is 23.5 Å². The molecule has 1 aromatic heterocycles. The topological polar surface area (TPSA) is 94.8 Å². The maximum Gasteiger partial charge on any atom is 0.344 e. The van der Waals surface area contributed by atoms with Gasteiger partial charge in [-0.3, -0.25) is 4.79 Å². The van der Waals surface area contributed by atoms with Crippen molar-refractivity contribution in [1.29, 1.82) is 0 Å². The zero-order chi connectivity index (χ0) is 22.5. The molecular formula is C24H25NO6. The molecule has 7 nitrogen and oxygen atoms in total. The second-order valence-electron chi connectivity index (χ2n) is 7.49. The summed E-state index contributed by atoms with van der Waals surface area (Å²) in [6, 6.07) is 12.1. The molecule has 1 N–H and O–H groups in total. The van der Waals surface area contributed by atoms with Crippen LogP contribution in [-0.4, -0.2) is 25.1 Å². The molecule has 31 heavy (non-hydrogen) atoms. The van der Waals surface area contributed by atoms with Gasteiger partial charge in [0, 0.05) is 17.5 Å². The first kappa shape index (κ1) is 22.1. The molecule has 0 saturated carbocycles. The third-order valence-electron chi connectivity index (χ3n) is 5.05. The van der Waals surface area contributed by atoms with Crippen LogP contribution in [0.4, 0.5) is 0 Å². The van der Waals surface area contributed by atoms with Crippen LogP contribution >= 0.6 is 0 Å². The molecule has 0 radical (unpaired) electrons. The molecule has 7 heteroatoms. The summed E-state index contributed by atoms with van der Waals surface area (Å²) < 4.78 is 15.5. The number of aryl methyl sites for hydroxylation is 3. The first-order valence-corrected chi connectivity index (χ1v) is 9.92. The van der Waals surface area contributed by atoms with Crippen molar-refractivity contribution in [2.45, 2.75) is 33.7 Å². The van der Waals surface area contributed by atoms with Crippen molar-refractivity contribution in [3.63, 3.8) is 0 Å². The van der Waals surface area contributed by atoms with Gasteiger partial charge in [0.25, 0.3) is 5.91 Å². The monoisotopic (exact) mass is 423 g/mol. The smallest absolute Gasteiger partial charge is 0.344 e. The summed E-state index contributed by atoms with van der Waals surface area (Å²) in [5, 5.41) is 3.59. The normalized spacial score (nSPS) is 11.7. The number of carbonyl (C=O) groups excluding carboxylic acids is 2. The molecule has 0 unspecified atom stereocenters. The number of carbonyl (C=O) groups is 2. The Hall–Kier alpha value is -3.61. The van der Waals surface area contributed by atoms with E-state index in [1.807, 2.05) is 45.9 Å². The van der Waals surface area contributed by atoms with E-state index in [0.717, 1.165) is 22.1 Å². The molecule has 1 amide bonds. The lowest BCUT2D eigenvalue weighted by atomic mass is 10.0. The standard InChI is InChI=1S/C24H25NO6/c1-14-5-6-18(9-15(14)2)17(4)25-22(26)12-30-24(28)13-29-19-7-8-20-16(3)10-23(27)31-21(20)11-19/h5-11,17H,12-13H2,1-4H3,(H,25,26)/t17-/m0/s1. The average molecular weight is 423 g/mol. The largest absolute Gasteiger partial charge is 0.482 e. The van der Waals surface area contributed by atoms with E-state index in [0.29, 0.717) is 11.3 Å². The van der Waals surface area contributed by atoms with Crippen LogP contribution in [0.3, 0.4) is 0 Å². The Labute approximate surface area is 180 Å². The predicted octanol–water partition coefficient (Wildman–Crippen LogP) is 3.52. The van der Waals surface area contributed by atoms with E-state index in [-0.39, 0.29) is 12.6 Å². The SMILES string of the molecule is Cc1ccc([C@H](C)NC(=O)COC(=O)COc2ccc3c(C)cc(=O)oc3c2)cc1C. The molecule has 0 fully saturated rings. The number of benzene rings is 2. The van der Waals surface area contributed by atoms with E-state index < -0.39 is 24.1 Å². The van der Waals surface area contributed by atoms with Crippen molar-refractivity contribution in [2.24, 2.45) is 0 Å². The van der Waals surface area contributed by atoms with Crippen LogP contribution < -0.4 is 15.7 Å². The van der Waals surface area contributed by atoms with Gasteiger partial charge in [-0.1, -0.05) is 18.2 Å². The quantitative estimate of drug-likeness (QED) is 0.462. The van der Waals surface area contributed by atoms with Gasteiger partial charge in [0.15, 0.2) is 13.2 Å². The highest BCUT2D eigenvalue weighted by molar-refractivity contribution is 5.82. The molecule has 0 spiro atoms. The zero-order valence-corrected chi connectivity index (χ0v) is 18.0. The molecule has 0 bridgehead atoms. The molecule has 1 atom stereocenters. The second-order valence-corrected chi connectivity index (χ2v) is 7.49. The van der Waals surface area contributed by atoms with Gasteiger partial charge in [-0.05, 0) is 62.1 Å². The molecule has 0 aliphatic carbocycles. The van der Waals surface area contributed by atoms with Crippen molar-refractivity contribution in [1.82, 2.24) is 5.32 Å². The van der Waals surface area contributed by atoms with Gasteiger partial charge >= 0.3 is 11.6 Å². The lowest BCUT2D eigenvalue weighted by Gasteiger charge is -2.16. The van der Waals surface area contributed by atoms with Crippen molar-refractivity contribution in [3.8, 4) is 5.75 Å². The minimum Gasteiger partial charge on any atom is -0.482 e. The van der Waals surface area contributed by atoms with Crippen LogP contribution in [0.2, 0.25) is 0 Å². The summed E-state index contributed by atoms with van der Waals surface area (Å²) in [6.07, 6.45) is 0. The Balaban J connectivity index is 1.48. The van der Waals surface area contributed by atoms with Gasteiger partial charge in [0.2, 0.25) is 0 Å². The van der Waals surface area contributed by atoms with Crippen LogP contribution in [0, 0.1) is 20.8 Å². The van der Waals surface area contributed by atoms with E-state index in [1.165, 1.54) is 17.7 Å². The Morgan fingerprint density at radius 1 is 0.968 bits per heavy atom. The lowest BCUT2D eigenvalue weighted by Crippen LogP contribution is -2.32. The number of amides is 1. The van der Waals surface area contributed by atoms with Crippen LogP contribution in [-0.2, 0) is 14.3 Å². The van der Waals surface area contributed by atoms with Gasteiger partial charge in [-0.25, -0.2) is 9.59 Å². The number of rotatable bonds is 7. The van der Waals surface area contributed by atoms with Gasteiger partial charge < -0.3 is 19.2 Å². The average Bonchev–Trinajstić information content (AvgIpc) is 2.72. The zero-order valence-electron chi connectivity index (χ0n) is 18.0. The number of fused-ring (bicyclic) bond motifs is 1. The number of hydrogen-bond acceptors (Lipinski definition) is 6. The molecule has 1 heterocycles. The van der Waals surface area contributed by atoms with E-state index in [2.05, 4.69) is 5.32 Å². The number of esters is 1. The van der Waals surface area contributed by atoms with Crippen LogP contribution in [0.5, 0.6) is 5.75 Å².